The number of carbonyl (C=O) groups is 1. The predicted octanol–water partition coefficient (Wildman–Crippen LogP) is 4.46. The van der Waals surface area contributed by atoms with Crippen molar-refractivity contribution < 1.29 is 4.79 Å². The lowest BCUT2D eigenvalue weighted by Gasteiger charge is -2.32. The first-order valence-electron chi connectivity index (χ1n) is 12.9. The molecule has 0 saturated carbocycles. The molecule has 2 aromatic heterocycles. The average molecular weight is 461 g/mol. The molecule has 2 aliphatic rings. The molecule has 0 bridgehead atoms. The summed E-state index contributed by atoms with van der Waals surface area (Å²) in [6, 6.07) is 9.45. The highest BCUT2D eigenvalue weighted by molar-refractivity contribution is 5.97. The summed E-state index contributed by atoms with van der Waals surface area (Å²) in [5.41, 5.74) is 2.92. The molecule has 1 N–H and O–H groups in total. The molecule has 4 heterocycles. The van der Waals surface area contributed by atoms with Gasteiger partial charge >= 0.3 is 0 Å². The second kappa shape index (κ2) is 10.2. The normalized spacial score (nSPS) is 18.1. The van der Waals surface area contributed by atoms with Crippen LogP contribution in [0.2, 0.25) is 0 Å². The number of nitrogens with zero attached hydrogens (tertiary/aromatic N) is 3. The summed E-state index contributed by atoms with van der Waals surface area (Å²) in [5.74, 6) is 1.71. The van der Waals surface area contributed by atoms with Gasteiger partial charge in [0.15, 0.2) is 0 Å². The number of likely N-dealkylation sites (tertiary alicyclic amines) is 1. The van der Waals surface area contributed by atoms with Crippen LogP contribution in [0.15, 0.2) is 54.0 Å². The van der Waals surface area contributed by atoms with Crippen LogP contribution in [-0.2, 0) is 6.54 Å². The zero-order chi connectivity index (χ0) is 23.5. The fourth-order valence-corrected chi connectivity index (χ4v) is 5.87. The molecule has 0 spiro atoms. The van der Waals surface area contributed by atoms with E-state index in [1.54, 1.807) is 10.6 Å². The van der Waals surface area contributed by atoms with E-state index in [-0.39, 0.29) is 11.5 Å². The van der Waals surface area contributed by atoms with Crippen LogP contribution in [-0.4, -0.2) is 46.0 Å². The second-order valence-electron chi connectivity index (χ2n) is 10.0. The van der Waals surface area contributed by atoms with Crippen molar-refractivity contribution >= 4 is 22.5 Å². The Morgan fingerprint density at radius 2 is 1.74 bits per heavy atom. The quantitative estimate of drug-likeness (QED) is 0.530. The van der Waals surface area contributed by atoms with Gasteiger partial charge in [0.25, 0.3) is 11.5 Å². The van der Waals surface area contributed by atoms with Gasteiger partial charge in [-0.3, -0.25) is 9.59 Å². The minimum Gasteiger partial charge on any atom is -0.339 e. The molecular weight excluding hydrogens is 424 g/mol. The summed E-state index contributed by atoms with van der Waals surface area (Å²) in [6.45, 7) is 8.24. The highest BCUT2D eigenvalue weighted by Gasteiger charge is 2.24. The number of amides is 1. The van der Waals surface area contributed by atoms with Crippen molar-refractivity contribution in [2.75, 3.05) is 26.2 Å². The van der Waals surface area contributed by atoms with E-state index in [2.05, 4.69) is 11.9 Å². The molecule has 180 valence electrons. The van der Waals surface area contributed by atoms with E-state index in [9.17, 15) is 9.59 Å². The minimum absolute atomic E-state index is 0.0627. The Labute approximate surface area is 201 Å². The van der Waals surface area contributed by atoms with Gasteiger partial charge in [-0.15, -0.1) is 6.58 Å². The molecular formula is C28H36N4O2. The van der Waals surface area contributed by atoms with Gasteiger partial charge in [-0.2, -0.15) is 0 Å². The number of hydrogen-bond acceptors (Lipinski definition) is 3. The van der Waals surface area contributed by atoms with Crippen molar-refractivity contribution in [3.63, 3.8) is 0 Å². The van der Waals surface area contributed by atoms with Crippen molar-refractivity contribution in [3.05, 3.63) is 65.1 Å². The van der Waals surface area contributed by atoms with Crippen LogP contribution in [0.25, 0.3) is 16.6 Å². The molecule has 34 heavy (non-hydrogen) atoms. The maximum atomic E-state index is 13.3. The molecule has 0 atom stereocenters. The van der Waals surface area contributed by atoms with Gasteiger partial charge < -0.3 is 19.2 Å². The van der Waals surface area contributed by atoms with Gasteiger partial charge in [0, 0.05) is 31.4 Å². The lowest BCUT2D eigenvalue weighted by Crippen LogP contribution is -2.38. The third-order valence-corrected chi connectivity index (χ3v) is 7.88. The number of carbonyl (C=O) groups excluding carboxylic acids is 1. The van der Waals surface area contributed by atoms with Crippen LogP contribution in [0.5, 0.6) is 0 Å². The number of rotatable bonds is 7. The van der Waals surface area contributed by atoms with Crippen molar-refractivity contribution in [1.29, 1.82) is 0 Å². The highest BCUT2D eigenvalue weighted by Crippen LogP contribution is 2.27. The minimum atomic E-state index is -0.0627. The molecule has 1 amide bonds. The lowest BCUT2D eigenvalue weighted by molar-refractivity contribution is 0.0685. The van der Waals surface area contributed by atoms with Gasteiger partial charge in [0.2, 0.25) is 0 Å². The van der Waals surface area contributed by atoms with Crippen LogP contribution in [0.4, 0.5) is 0 Å². The van der Waals surface area contributed by atoms with Crippen molar-refractivity contribution in [3.8, 4) is 0 Å². The maximum Gasteiger partial charge on any atom is 0.275 e. The summed E-state index contributed by atoms with van der Waals surface area (Å²) >= 11 is 0. The first-order valence-corrected chi connectivity index (χ1v) is 12.9. The van der Waals surface area contributed by atoms with E-state index in [1.165, 1.54) is 45.2 Å². The number of nitrogens with one attached hydrogen (secondary N) is 1. The van der Waals surface area contributed by atoms with Gasteiger partial charge in [-0.1, -0.05) is 25.3 Å². The van der Waals surface area contributed by atoms with Gasteiger partial charge in [0.1, 0.15) is 5.52 Å². The number of piperidine rings is 2. The molecule has 6 nitrogen and oxygen atoms in total. The largest absolute Gasteiger partial charge is 0.339 e. The van der Waals surface area contributed by atoms with Gasteiger partial charge in [-0.25, -0.2) is 0 Å². The lowest BCUT2D eigenvalue weighted by atomic mass is 9.87. The Balaban J connectivity index is 1.26. The van der Waals surface area contributed by atoms with Gasteiger partial charge in [-0.05, 0) is 80.9 Å². The molecule has 6 heteroatoms. The number of allylic oxidation sites excluding steroid dienone is 1. The summed E-state index contributed by atoms with van der Waals surface area (Å²) in [4.78, 5) is 28.3. The predicted molar refractivity (Wildman–Crippen MR) is 137 cm³/mol. The molecule has 0 aliphatic carbocycles. The zero-order valence-electron chi connectivity index (χ0n) is 20.0. The smallest absolute Gasteiger partial charge is 0.275 e. The van der Waals surface area contributed by atoms with Crippen LogP contribution in [0.1, 0.15) is 55.3 Å². The number of aromatic nitrogens is 2. The highest BCUT2D eigenvalue weighted by atomic mass is 16.2. The van der Waals surface area contributed by atoms with Crippen LogP contribution >= 0.6 is 0 Å². The first kappa shape index (κ1) is 22.9. The molecule has 2 fully saturated rings. The maximum absolute atomic E-state index is 13.3. The van der Waals surface area contributed by atoms with Crippen molar-refractivity contribution in [2.24, 2.45) is 11.8 Å². The molecule has 5 rings (SSSR count). The molecule has 0 unspecified atom stereocenters. The van der Waals surface area contributed by atoms with Crippen LogP contribution in [0.3, 0.4) is 0 Å². The summed E-state index contributed by atoms with van der Waals surface area (Å²) in [5, 5.41) is 3.45. The Bertz CT molecular complexity index is 1230. The van der Waals surface area contributed by atoms with E-state index in [4.69, 9.17) is 0 Å². The summed E-state index contributed by atoms with van der Waals surface area (Å²) < 4.78 is 3.61. The molecule has 2 aliphatic heterocycles. The average Bonchev–Trinajstić information content (AvgIpc) is 3.37. The van der Waals surface area contributed by atoms with E-state index < -0.39 is 0 Å². The van der Waals surface area contributed by atoms with E-state index in [0.717, 1.165) is 48.8 Å². The third-order valence-electron chi connectivity index (χ3n) is 7.88. The fourth-order valence-electron chi connectivity index (χ4n) is 5.87. The van der Waals surface area contributed by atoms with E-state index in [1.807, 2.05) is 45.8 Å². The second-order valence-corrected chi connectivity index (χ2v) is 10.0. The Kier molecular flexibility index (Phi) is 6.86. The van der Waals surface area contributed by atoms with E-state index in [0.29, 0.717) is 17.6 Å². The monoisotopic (exact) mass is 460 g/mol. The van der Waals surface area contributed by atoms with E-state index >= 15 is 0 Å². The van der Waals surface area contributed by atoms with Gasteiger partial charge in [0.05, 0.1) is 11.0 Å². The van der Waals surface area contributed by atoms with Crippen molar-refractivity contribution in [2.45, 2.75) is 51.5 Å². The summed E-state index contributed by atoms with van der Waals surface area (Å²) in [7, 11) is 0. The topological polar surface area (TPSA) is 58.8 Å². The SMILES string of the molecule is C=CCn1c(=O)c2cccn2c2ccc(C(=O)N3CCC(CCCC4CCNCC4)CC3)cc21. The third kappa shape index (κ3) is 4.56. The molecule has 3 aromatic rings. The first-order chi connectivity index (χ1) is 16.7. The van der Waals surface area contributed by atoms with Crippen molar-refractivity contribution in [1.82, 2.24) is 19.2 Å². The Hall–Kier alpha value is -2.86. The summed E-state index contributed by atoms with van der Waals surface area (Å²) in [6.07, 6.45) is 12.4. The standard InChI is InChI=1S/C28H36N4O2/c1-2-16-32-26-20-23(8-9-24(26)31-17-4-7-25(31)28(32)34)27(33)30-18-12-22(13-19-30)6-3-5-21-10-14-29-15-11-21/h2,4,7-9,17,20-22,29H,1,3,5-6,10-16,18-19H2. The number of hydrogen-bond donors (Lipinski definition) is 1. The Morgan fingerprint density at radius 3 is 2.47 bits per heavy atom. The number of fused-ring (bicyclic) bond motifs is 3. The van der Waals surface area contributed by atoms with Crippen LogP contribution < -0.4 is 10.9 Å². The van der Waals surface area contributed by atoms with Crippen LogP contribution in [0, 0.1) is 11.8 Å². The zero-order valence-corrected chi connectivity index (χ0v) is 20.0. The molecule has 1 aromatic carbocycles. The Morgan fingerprint density at radius 1 is 1.00 bits per heavy atom. The number of benzene rings is 1. The fraction of sp³-hybridized carbons (Fsp3) is 0.500. The molecule has 0 radical (unpaired) electrons. The molecule has 2 saturated heterocycles.